The van der Waals surface area contributed by atoms with Crippen LogP contribution in [0.4, 0.5) is 0 Å². The number of thiocarbonyl (C=S) groups is 1. The van der Waals surface area contributed by atoms with Gasteiger partial charge in [-0.15, -0.1) is 0 Å². The van der Waals surface area contributed by atoms with Crippen molar-refractivity contribution in [2.24, 2.45) is 5.73 Å². The molecule has 1 aromatic rings. The van der Waals surface area contributed by atoms with Gasteiger partial charge in [-0.25, -0.2) is 9.67 Å². The number of aromatic nitrogens is 3. The Morgan fingerprint density at radius 2 is 2.13 bits per heavy atom. The van der Waals surface area contributed by atoms with Crippen LogP contribution in [0.15, 0.2) is 0 Å². The first-order chi connectivity index (χ1) is 7.17. The highest BCUT2D eigenvalue weighted by Crippen LogP contribution is 2.03. The molecule has 0 aliphatic rings. The molecular formula is C10H18N4S. The van der Waals surface area contributed by atoms with E-state index in [-0.39, 0.29) is 0 Å². The molecule has 0 aliphatic carbocycles. The summed E-state index contributed by atoms with van der Waals surface area (Å²) in [5, 5.41) is 4.42. The van der Waals surface area contributed by atoms with Gasteiger partial charge in [-0.2, -0.15) is 5.10 Å². The van der Waals surface area contributed by atoms with E-state index >= 15 is 0 Å². The zero-order chi connectivity index (χ0) is 11.3. The summed E-state index contributed by atoms with van der Waals surface area (Å²) in [5.41, 5.74) is 5.44. The van der Waals surface area contributed by atoms with Crippen LogP contribution in [-0.4, -0.2) is 19.8 Å². The Balaban J connectivity index is 2.58. The summed E-state index contributed by atoms with van der Waals surface area (Å²) in [7, 11) is 0. The van der Waals surface area contributed by atoms with Gasteiger partial charge in [0, 0.05) is 19.4 Å². The first-order valence-corrected chi connectivity index (χ1v) is 5.79. The molecule has 15 heavy (non-hydrogen) atoms. The van der Waals surface area contributed by atoms with Crippen molar-refractivity contribution in [1.29, 1.82) is 0 Å². The summed E-state index contributed by atoms with van der Waals surface area (Å²) in [6.07, 6.45) is 3.52. The van der Waals surface area contributed by atoms with Gasteiger partial charge >= 0.3 is 0 Å². The highest BCUT2D eigenvalue weighted by Gasteiger charge is 2.06. The number of rotatable bonds is 6. The van der Waals surface area contributed by atoms with E-state index in [1.807, 2.05) is 4.68 Å². The van der Waals surface area contributed by atoms with Crippen molar-refractivity contribution in [3.63, 3.8) is 0 Å². The Kier molecular flexibility index (Phi) is 4.68. The maximum Gasteiger partial charge on any atom is 0.150 e. The Hall–Kier alpha value is -0.970. The van der Waals surface area contributed by atoms with Crippen LogP contribution < -0.4 is 5.73 Å². The summed E-state index contributed by atoms with van der Waals surface area (Å²) < 4.78 is 1.97. The molecule has 0 atom stereocenters. The average molecular weight is 226 g/mol. The molecule has 0 radical (unpaired) electrons. The fourth-order valence-electron chi connectivity index (χ4n) is 1.42. The van der Waals surface area contributed by atoms with Crippen LogP contribution in [0.2, 0.25) is 0 Å². The number of hydrogen-bond donors (Lipinski definition) is 1. The Morgan fingerprint density at radius 1 is 1.40 bits per heavy atom. The van der Waals surface area contributed by atoms with Crippen molar-refractivity contribution < 1.29 is 0 Å². The molecule has 0 spiro atoms. The van der Waals surface area contributed by atoms with Crippen molar-refractivity contribution in [3.05, 3.63) is 11.6 Å². The van der Waals surface area contributed by atoms with Crippen molar-refractivity contribution in [1.82, 2.24) is 14.8 Å². The minimum absolute atomic E-state index is 0.573. The van der Waals surface area contributed by atoms with Gasteiger partial charge in [0.25, 0.3) is 0 Å². The topological polar surface area (TPSA) is 56.7 Å². The molecule has 2 N–H and O–H groups in total. The van der Waals surface area contributed by atoms with Crippen molar-refractivity contribution >= 4 is 17.2 Å². The lowest BCUT2D eigenvalue weighted by Crippen LogP contribution is -2.11. The molecule has 1 heterocycles. The minimum atomic E-state index is 0.573. The van der Waals surface area contributed by atoms with Crippen LogP contribution in [0, 0.1) is 0 Å². The van der Waals surface area contributed by atoms with Crippen molar-refractivity contribution in [2.45, 2.75) is 46.1 Å². The van der Waals surface area contributed by atoms with Crippen molar-refractivity contribution in [2.75, 3.05) is 0 Å². The van der Waals surface area contributed by atoms with Gasteiger partial charge < -0.3 is 5.73 Å². The minimum Gasteiger partial charge on any atom is -0.393 e. The SMILES string of the molecule is CCc1nc(CC)n(CCCC(N)=S)n1. The van der Waals surface area contributed by atoms with Crippen LogP contribution in [0.25, 0.3) is 0 Å². The van der Waals surface area contributed by atoms with E-state index in [4.69, 9.17) is 18.0 Å². The quantitative estimate of drug-likeness (QED) is 0.746. The third kappa shape index (κ3) is 3.58. The van der Waals surface area contributed by atoms with Gasteiger partial charge in [-0.3, -0.25) is 0 Å². The molecule has 1 aromatic heterocycles. The van der Waals surface area contributed by atoms with Crippen molar-refractivity contribution in [3.8, 4) is 0 Å². The molecule has 0 fully saturated rings. The van der Waals surface area contributed by atoms with Gasteiger partial charge in [-0.1, -0.05) is 26.1 Å². The van der Waals surface area contributed by atoms with Gasteiger partial charge in [0.1, 0.15) is 5.82 Å². The maximum atomic E-state index is 5.44. The number of aryl methyl sites for hydroxylation is 3. The van der Waals surface area contributed by atoms with E-state index in [1.54, 1.807) is 0 Å². The van der Waals surface area contributed by atoms with E-state index in [2.05, 4.69) is 23.9 Å². The lowest BCUT2D eigenvalue weighted by atomic mass is 10.3. The fourth-order valence-corrected chi connectivity index (χ4v) is 1.56. The van der Waals surface area contributed by atoms with Crippen LogP contribution in [0.3, 0.4) is 0 Å². The zero-order valence-electron chi connectivity index (χ0n) is 9.36. The molecule has 0 saturated carbocycles. The van der Waals surface area contributed by atoms with E-state index in [0.717, 1.165) is 43.9 Å². The monoisotopic (exact) mass is 226 g/mol. The molecule has 0 aromatic carbocycles. The van der Waals surface area contributed by atoms with E-state index < -0.39 is 0 Å². The summed E-state index contributed by atoms with van der Waals surface area (Å²) in [6, 6.07) is 0. The molecule has 0 aliphatic heterocycles. The molecule has 0 saturated heterocycles. The van der Waals surface area contributed by atoms with Crippen LogP contribution in [-0.2, 0) is 19.4 Å². The molecule has 5 heteroatoms. The van der Waals surface area contributed by atoms with Gasteiger partial charge in [0.15, 0.2) is 5.82 Å². The van der Waals surface area contributed by atoms with Crippen LogP contribution >= 0.6 is 12.2 Å². The Labute approximate surface area is 95.9 Å². The number of nitrogens with zero attached hydrogens (tertiary/aromatic N) is 3. The van der Waals surface area contributed by atoms with Gasteiger partial charge in [0.05, 0.1) is 4.99 Å². The van der Waals surface area contributed by atoms with E-state index in [9.17, 15) is 0 Å². The standard InChI is InChI=1S/C10H18N4S/c1-3-9-12-10(4-2)14(13-9)7-5-6-8(11)15/h3-7H2,1-2H3,(H2,11,15). The second-order valence-corrected chi connectivity index (χ2v) is 3.97. The lowest BCUT2D eigenvalue weighted by molar-refractivity contribution is 0.558. The third-order valence-electron chi connectivity index (χ3n) is 2.22. The second-order valence-electron chi connectivity index (χ2n) is 3.44. The van der Waals surface area contributed by atoms with E-state index in [0.29, 0.717) is 4.99 Å². The molecule has 1 rings (SSSR count). The Morgan fingerprint density at radius 3 is 2.67 bits per heavy atom. The summed E-state index contributed by atoms with van der Waals surface area (Å²) >= 11 is 4.83. The fraction of sp³-hybridized carbons (Fsp3) is 0.700. The first kappa shape index (κ1) is 12.1. The smallest absolute Gasteiger partial charge is 0.150 e. The maximum absolute atomic E-state index is 5.44. The zero-order valence-corrected chi connectivity index (χ0v) is 10.2. The average Bonchev–Trinajstić information content (AvgIpc) is 2.60. The van der Waals surface area contributed by atoms with Crippen LogP contribution in [0.1, 0.15) is 38.3 Å². The second kappa shape index (κ2) is 5.80. The molecule has 0 bridgehead atoms. The first-order valence-electron chi connectivity index (χ1n) is 5.38. The largest absolute Gasteiger partial charge is 0.393 e. The highest BCUT2D eigenvalue weighted by molar-refractivity contribution is 7.80. The van der Waals surface area contributed by atoms with Gasteiger partial charge in [0.2, 0.25) is 0 Å². The molecule has 0 amide bonds. The summed E-state index contributed by atoms with van der Waals surface area (Å²) in [4.78, 5) is 5.01. The predicted octanol–water partition coefficient (Wildman–Crippen LogP) is 1.47. The molecule has 4 nitrogen and oxygen atoms in total. The predicted molar refractivity (Wildman–Crippen MR) is 64.8 cm³/mol. The van der Waals surface area contributed by atoms with Crippen LogP contribution in [0.5, 0.6) is 0 Å². The number of hydrogen-bond acceptors (Lipinski definition) is 3. The Bertz CT molecular complexity index is 332. The molecule has 84 valence electrons. The summed E-state index contributed by atoms with van der Waals surface area (Å²) in [6.45, 7) is 5.01. The molecular weight excluding hydrogens is 208 g/mol. The van der Waals surface area contributed by atoms with E-state index in [1.165, 1.54) is 0 Å². The lowest BCUT2D eigenvalue weighted by Gasteiger charge is -2.03. The molecule has 0 unspecified atom stereocenters. The van der Waals surface area contributed by atoms with Gasteiger partial charge in [-0.05, 0) is 12.8 Å². The number of nitrogens with two attached hydrogens (primary N) is 1. The summed E-state index contributed by atoms with van der Waals surface area (Å²) in [5.74, 6) is 1.97. The third-order valence-corrected chi connectivity index (χ3v) is 2.42. The highest BCUT2D eigenvalue weighted by atomic mass is 32.1. The normalized spacial score (nSPS) is 10.5.